The molecule has 0 radical (unpaired) electrons. The summed E-state index contributed by atoms with van der Waals surface area (Å²) < 4.78 is 38.4. The number of amides is 1. The summed E-state index contributed by atoms with van der Waals surface area (Å²) in [7, 11) is 0. The number of nitrogens with zero attached hydrogens (tertiary/aromatic N) is 2. The van der Waals surface area contributed by atoms with E-state index < -0.39 is 11.9 Å². The van der Waals surface area contributed by atoms with Gasteiger partial charge in [-0.15, -0.1) is 0 Å². The average Bonchev–Trinajstić information content (AvgIpc) is 2.60. The van der Waals surface area contributed by atoms with Crippen LogP contribution < -0.4 is 5.32 Å². The Morgan fingerprint density at radius 2 is 1.81 bits per heavy atom. The quantitative estimate of drug-likeness (QED) is 0.768. The second-order valence-electron chi connectivity index (χ2n) is 5.84. The monoisotopic (exact) mass is 359 g/mol. The van der Waals surface area contributed by atoms with E-state index in [1.807, 2.05) is 30.3 Å². The lowest BCUT2D eigenvalue weighted by Gasteiger charge is -2.10. The Kier molecular flexibility index (Phi) is 4.88. The molecule has 0 spiro atoms. The maximum Gasteiger partial charge on any atom is 0.433 e. The molecule has 1 N–H and O–H groups in total. The van der Waals surface area contributed by atoms with Crippen LogP contribution in [0, 0.1) is 6.92 Å². The number of hydrogen-bond donors (Lipinski definition) is 1. The summed E-state index contributed by atoms with van der Waals surface area (Å²) in [6, 6.07) is 13.8. The van der Waals surface area contributed by atoms with Gasteiger partial charge in [0, 0.05) is 24.2 Å². The normalized spacial score (nSPS) is 11.5. The van der Waals surface area contributed by atoms with Crippen LogP contribution in [0.15, 0.2) is 48.5 Å². The van der Waals surface area contributed by atoms with Crippen LogP contribution in [0.2, 0.25) is 0 Å². The first-order valence-electron chi connectivity index (χ1n) is 8.02. The van der Waals surface area contributed by atoms with Crippen LogP contribution >= 0.6 is 0 Å². The number of halogens is 3. The predicted octanol–water partition coefficient (Wildman–Crippen LogP) is 3.93. The molecule has 0 saturated carbocycles. The molecule has 0 saturated heterocycles. The van der Waals surface area contributed by atoms with Gasteiger partial charge in [-0.2, -0.15) is 13.2 Å². The van der Waals surface area contributed by atoms with Crippen LogP contribution in [0.4, 0.5) is 13.2 Å². The lowest BCUT2D eigenvalue weighted by atomic mass is 10.0. The van der Waals surface area contributed by atoms with E-state index in [4.69, 9.17) is 0 Å². The molecule has 0 fully saturated rings. The fourth-order valence-corrected chi connectivity index (χ4v) is 2.69. The summed E-state index contributed by atoms with van der Waals surface area (Å²) in [6.45, 7) is 1.62. The zero-order valence-corrected chi connectivity index (χ0v) is 14.0. The van der Waals surface area contributed by atoms with Gasteiger partial charge in [0.15, 0.2) is 0 Å². The third-order valence-corrected chi connectivity index (χ3v) is 3.86. The highest BCUT2D eigenvalue weighted by Gasteiger charge is 2.33. The number of alkyl halides is 3. The molecule has 3 rings (SSSR count). The molecule has 134 valence electrons. The van der Waals surface area contributed by atoms with Crippen LogP contribution in [0.25, 0.3) is 10.8 Å². The minimum atomic E-state index is -4.52. The average molecular weight is 359 g/mol. The molecule has 1 heterocycles. The van der Waals surface area contributed by atoms with Crippen molar-refractivity contribution in [3.63, 3.8) is 0 Å². The van der Waals surface area contributed by atoms with Gasteiger partial charge in [-0.1, -0.05) is 36.4 Å². The number of carbonyl (C=O) groups is 1. The first-order chi connectivity index (χ1) is 12.3. The van der Waals surface area contributed by atoms with Crippen LogP contribution in [-0.2, 0) is 12.6 Å². The Hall–Kier alpha value is -2.96. The number of benzene rings is 2. The molecule has 26 heavy (non-hydrogen) atoms. The van der Waals surface area contributed by atoms with Gasteiger partial charge in [-0.25, -0.2) is 9.97 Å². The van der Waals surface area contributed by atoms with Gasteiger partial charge >= 0.3 is 6.18 Å². The number of aromatic nitrogens is 2. The van der Waals surface area contributed by atoms with Crippen molar-refractivity contribution in [3.8, 4) is 0 Å². The number of carbonyl (C=O) groups excluding carboxylic acids is 1. The molecular formula is C19H16F3N3O. The summed E-state index contributed by atoms with van der Waals surface area (Å²) >= 11 is 0. The van der Waals surface area contributed by atoms with Crippen molar-refractivity contribution in [1.82, 2.24) is 15.3 Å². The fraction of sp³-hybridized carbons (Fsp3) is 0.211. The molecular weight excluding hydrogens is 343 g/mol. The molecule has 0 atom stereocenters. The van der Waals surface area contributed by atoms with Crippen LogP contribution in [-0.4, -0.2) is 22.4 Å². The molecule has 7 heteroatoms. The summed E-state index contributed by atoms with van der Waals surface area (Å²) in [5.41, 5.74) is -0.215. The molecule has 4 nitrogen and oxygen atoms in total. The number of rotatable bonds is 4. The standard InChI is InChI=1S/C19H16F3N3O/c1-12-11-16(19(20,21)22)25-17(24-12)9-10-23-18(26)15-8-4-6-13-5-2-3-7-14(13)15/h2-8,11H,9-10H2,1H3,(H,23,26). The second kappa shape index (κ2) is 7.11. The Balaban J connectivity index is 1.70. The van der Waals surface area contributed by atoms with E-state index in [0.29, 0.717) is 5.56 Å². The van der Waals surface area contributed by atoms with Gasteiger partial charge < -0.3 is 5.32 Å². The summed E-state index contributed by atoms with van der Waals surface area (Å²) in [5.74, 6) is -0.235. The molecule has 0 bridgehead atoms. The van der Waals surface area contributed by atoms with Crippen molar-refractivity contribution >= 4 is 16.7 Å². The van der Waals surface area contributed by atoms with E-state index in [1.54, 1.807) is 12.1 Å². The van der Waals surface area contributed by atoms with Crippen molar-refractivity contribution in [2.75, 3.05) is 6.54 Å². The molecule has 3 aromatic rings. The van der Waals surface area contributed by atoms with E-state index in [-0.39, 0.29) is 30.4 Å². The Morgan fingerprint density at radius 1 is 1.08 bits per heavy atom. The Labute approximate surface area is 148 Å². The van der Waals surface area contributed by atoms with Gasteiger partial charge in [-0.3, -0.25) is 4.79 Å². The molecule has 1 aromatic heterocycles. The molecule has 1 amide bonds. The van der Waals surface area contributed by atoms with Crippen LogP contribution in [0.1, 0.15) is 27.6 Å². The summed E-state index contributed by atoms with van der Waals surface area (Å²) in [6.07, 6.45) is -4.41. The Bertz CT molecular complexity index is 949. The minimum absolute atomic E-state index is 0.0514. The highest BCUT2D eigenvalue weighted by atomic mass is 19.4. The SMILES string of the molecule is Cc1cc(C(F)(F)F)nc(CCNC(=O)c2cccc3ccccc23)n1. The zero-order valence-electron chi connectivity index (χ0n) is 14.0. The van der Waals surface area contributed by atoms with Gasteiger partial charge in [0.2, 0.25) is 0 Å². The first-order valence-corrected chi connectivity index (χ1v) is 8.02. The predicted molar refractivity (Wildman–Crippen MR) is 91.8 cm³/mol. The lowest BCUT2D eigenvalue weighted by Crippen LogP contribution is -2.26. The number of fused-ring (bicyclic) bond motifs is 1. The molecule has 0 aliphatic rings. The first kappa shape index (κ1) is 17.8. The smallest absolute Gasteiger partial charge is 0.352 e. The summed E-state index contributed by atoms with van der Waals surface area (Å²) in [5, 5.41) is 4.48. The van der Waals surface area contributed by atoms with E-state index in [0.717, 1.165) is 16.8 Å². The number of nitrogens with one attached hydrogen (secondary N) is 1. The largest absolute Gasteiger partial charge is 0.433 e. The highest BCUT2D eigenvalue weighted by molar-refractivity contribution is 6.06. The third kappa shape index (κ3) is 3.99. The maximum atomic E-state index is 12.8. The highest BCUT2D eigenvalue weighted by Crippen LogP contribution is 2.27. The van der Waals surface area contributed by atoms with Gasteiger partial charge in [0.25, 0.3) is 5.91 Å². The molecule has 0 aliphatic carbocycles. The van der Waals surface area contributed by atoms with Crippen molar-refractivity contribution in [2.45, 2.75) is 19.5 Å². The van der Waals surface area contributed by atoms with E-state index in [2.05, 4.69) is 15.3 Å². The van der Waals surface area contributed by atoms with Crippen LogP contribution in [0.5, 0.6) is 0 Å². The van der Waals surface area contributed by atoms with E-state index in [9.17, 15) is 18.0 Å². The molecule has 0 aliphatic heterocycles. The van der Waals surface area contributed by atoms with Crippen molar-refractivity contribution in [3.05, 3.63) is 71.3 Å². The maximum absolute atomic E-state index is 12.8. The zero-order chi connectivity index (χ0) is 18.7. The fourth-order valence-electron chi connectivity index (χ4n) is 2.69. The summed E-state index contributed by atoms with van der Waals surface area (Å²) in [4.78, 5) is 20.0. The topological polar surface area (TPSA) is 54.9 Å². The number of aryl methyl sites for hydroxylation is 1. The van der Waals surface area contributed by atoms with Crippen molar-refractivity contribution in [2.24, 2.45) is 0 Å². The van der Waals surface area contributed by atoms with Crippen LogP contribution in [0.3, 0.4) is 0 Å². The molecule has 2 aromatic carbocycles. The van der Waals surface area contributed by atoms with Gasteiger partial charge in [-0.05, 0) is 29.8 Å². The van der Waals surface area contributed by atoms with Crippen molar-refractivity contribution < 1.29 is 18.0 Å². The molecule has 0 unspecified atom stereocenters. The van der Waals surface area contributed by atoms with Gasteiger partial charge in [0.1, 0.15) is 11.5 Å². The van der Waals surface area contributed by atoms with E-state index in [1.165, 1.54) is 6.92 Å². The lowest BCUT2D eigenvalue weighted by molar-refractivity contribution is -0.141. The second-order valence-corrected chi connectivity index (χ2v) is 5.84. The number of hydrogen-bond acceptors (Lipinski definition) is 3. The third-order valence-electron chi connectivity index (χ3n) is 3.86. The van der Waals surface area contributed by atoms with Gasteiger partial charge in [0.05, 0.1) is 0 Å². The minimum Gasteiger partial charge on any atom is -0.352 e. The van der Waals surface area contributed by atoms with Crippen molar-refractivity contribution in [1.29, 1.82) is 0 Å². The van der Waals surface area contributed by atoms with E-state index >= 15 is 0 Å². The Morgan fingerprint density at radius 3 is 2.58 bits per heavy atom.